The normalized spacial score (nSPS) is 20.5. The Balaban J connectivity index is 1.95. The van der Waals surface area contributed by atoms with Crippen molar-refractivity contribution >= 4 is 0 Å². The van der Waals surface area contributed by atoms with Crippen molar-refractivity contribution < 1.29 is 14.2 Å². The molecule has 0 bridgehead atoms. The van der Waals surface area contributed by atoms with Gasteiger partial charge in [-0.1, -0.05) is 19.1 Å². The van der Waals surface area contributed by atoms with E-state index in [-0.39, 0.29) is 18.0 Å². The van der Waals surface area contributed by atoms with Crippen molar-refractivity contribution in [3.8, 4) is 0 Å². The number of benzene rings is 1. The first-order valence-corrected chi connectivity index (χ1v) is 7.44. The van der Waals surface area contributed by atoms with Gasteiger partial charge in [-0.15, -0.1) is 0 Å². The van der Waals surface area contributed by atoms with Crippen LogP contribution in [0.3, 0.4) is 0 Å². The molecule has 1 aromatic rings. The van der Waals surface area contributed by atoms with E-state index in [4.69, 9.17) is 4.74 Å². The first kappa shape index (κ1) is 15.4. The largest absolute Gasteiger partial charge is 0.392 e. The van der Waals surface area contributed by atoms with E-state index in [1.807, 2.05) is 6.92 Å². The van der Waals surface area contributed by atoms with E-state index in [9.17, 15) is 9.50 Å². The monoisotopic (exact) mass is 281 g/mol. The minimum Gasteiger partial charge on any atom is -0.392 e. The summed E-state index contributed by atoms with van der Waals surface area (Å²) in [7, 11) is 0. The summed E-state index contributed by atoms with van der Waals surface area (Å²) < 4.78 is 18.6. The Kier molecular flexibility index (Phi) is 5.95. The molecule has 0 radical (unpaired) electrons. The summed E-state index contributed by atoms with van der Waals surface area (Å²) in [5, 5.41) is 9.88. The molecule has 112 valence electrons. The van der Waals surface area contributed by atoms with Crippen LogP contribution in [0.25, 0.3) is 0 Å². The quantitative estimate of drug-likeness (QED) is 0.834. The van der Waals surface area contributed by atoms with Gasteiger partial charge >= 0.3 is 0 Å². The maximum absolute atomic E-state index is 12.9. The molecular weight excluding hydrogens is 257 g/mol. The molecular formula is C16H24FNO2. The van der Waals surface area contributed by atoms with Crippen molar-refractivity contribution in [1.82, 2.24) is 4.90 Å². The molecule has 2 rings (SSSR count). The maximum atomic E-state index is 12.9. The molecule has 4 heteroatoms. The van der Waals surface area contributed by atoms with Crippen molar-refractivity contribution in [2.75, 3.05) is 19.7 Å². The van der Waals surface area contributed by atoms with Crippen molar-refractivity contribution in [2.24, 2.45) is 0 Å². The molecule has 1 saturated heterocycles. The maximum Gasteiger partial charge on any atom is 0.123 e. The molecule has 0 amide bonds. The summed E-state index contributed by atoms with van der Waals surface area (Å²) in [5.74, 6) is -0.215. The van der Waals surface area contributed by atoms with Gasteiger partial charge < -0.3 is 9.84 Å². The number of halogens is 1. The second kappa shape index (κ2) is 7.72. The number of aliphatic hydroxyl groups is 1. The average Bonchev–Trinajstić information content (AvgIpc) is 2.94. The third-order valence-corrected chi connectivity index (χ3v) is 3.75. The lowest BCUT2D eigenvalue weighted by molar-refractivity contribution is 0.0455. The number of hydrogen-bond acceptors (Lipinski definition) is 3. The Morgan fingerprint density at radius 1 is 1.40 bits per heavy atom. The minimum absolute atomic E-state index is 0.215. The van der Waals surface area contributed by atoms with Gasteiger partial charge in [0.15, 0.2) is 0 Å². The average molecular weight is 281 g/mol. The number of nitrogens with zero attached hydrogens (tertiary/aromatic N) is 1. The Bertz CT molecular complexity index is 390. The van der Waals surface area contributed by atoms with Crippen molar-refractivity contribution in [2.45, 2.75) is 44.9 Å². The van der Waals surface area contributed by atoms with Gasteiger partial charge in [-0.3, -0.25) is 4.90 Å². The highest BCUT2D eigenvalue weighted by Crippen LogP contribution is 2.16. The molecule has 0 spiro atoms. The number of hydrogen-bond donors (Lipinski definition) is 1. The smallest absolute Gasteiger partial charge is 0.123 e. The third kappa shape index (κ3) is 4.85. The first-order chi connectivity index (χ1) is 9.67. The van der Waals surface area contributed by atoms with E-state index in [2.05, 4.69) is 4.90 Å². The molecule has 0 aliphatic carbocycles. The van der Waals surface area contributed by atoms with Gasteiger partial charge in [-0.05, 0) is 37.0 Å². The third-order valence-electron chi connectivity index (χ3n) is 3.75. The molecule has 0 aromatic heterocycles. The fraction of sp³-hybridized carbons (Fsp3) is 0.625. The van der Waals surface area contributed by atoms with Crippen LogP contribution in [0.15, 0.2) is 24.3 Å². The Morgan fingerprint density at radius 2 is 2.15 bits per heavy atom. The standard InChI is InChI=1S/C16H24FNO2/c1-2-15(19)11-18(12-16-4-3-9-20-16)10-13-5-7-14(17)8-6-13/h5-8,15-16,19H,2-4,9-12H2,1H3. The molecule has 1 aliphatic rings. The molecule has 1 heterocycles. The van der Waals surface area contributed by atoms with Crippen LogP contribution in [0.5, 0.6) is 0 Å². The molecule has 1 fully saturated rings. The van der Waals surface area contributed by atoms with Crippen molar-refractivity contribution in [3.63, 3.8) is 0 Å². The van der Waals surface area contributed by atoms with E-state index in [1.165, 1.54) is 12.1 Å². The van der Waals surface area contributed by atoms with E-state index in [1.54, 1.807) is 12.1 Å². The lowest BCUT2D eigenvalue weighted by atomic mass is 10.1. The summed E-state index contributed by atoms with van der Waals surface area (Å²) >= 11 is 0. The van der Waals surface area contributed by atoms with Gasteiger partial charge in [0.1, 0.15) is 5.82 Å². The van der Waals surface area contributed by atoms with E-state index in [0.717, 1.165) is 44.5 Å². The van der Waals surface area contributed by atoms with E-state index >= 15 is 0 Å². The molecule has 1 aromatic carbocycles. The Labute approximate surface area is 120 Å². The van der Waals surface area contributed by atoms with Gasteiger partial charge in [0, 0.05) is 26.2 Å². The Morgan fingerprint density at radius 3 is 2.75 bits per heavy atom. The molecule has 2 unspecified atom stereocenters. The zero-order valence-electron chi connectivity index (χ0n) is 12.1. The topological polar surface area (TPSA) is 32.7 Å². The van der Waals surface area contributed by atoms with Crippen LogP contribution in [0.2, 0.25) is 0 Å². The molecule has 1 aliphatic heterocycles. The van der Waals surface area contributed by atoms with Crippen molar-refractivity contribution in [3.05, 3.63) is 35.6 Å². The van der Waals surface area contributed by atoms with Crippen LogP contribution in [0.4, 0.5) is 4.39 Å². The van der Waals surface area contributed by atoms with Gasteiger partial charge in [0.25, 0.3) is 0 Å². The molecule has 1 N–H and O–H groups in total. The minimum atomic E-state index is -0.322. The van der Waals surface area contributed by atoms with Crippen LogP contribution in [0, 0.1) is 5.82 Å². The summed E-state index contributed by atoms with van der Waals surface area (Å²) in [5.41, 5.74) is 1.06. The highest BCUT2D eigenvalue weighted by atomic mass is 19.1. The lowest BCUT2D eigenvalue weighted by Crippen LogP contribution is -2.37. The fourth-order valence-electron chi connectivity index (χ4n) is 2.56. The summed E-state index contributed by atoms with van der Waals surface area (Å²) in [6.07, 6.45) is 2.88. The van der Waals surface area contributed by atoms with Crippen LogP contribution in [-0.4, -0.2) is 41.9 Å². The van der Waals surface area contributed by atoms with Gasteiger partial charge in [-0.2, -0.15) is 0 Å². The Hall–Kier alpha value is -0.970. The van der Waals surface area contributed by atoms with Crippen molar-refractivity contribution in [1.29, 1.82) is 0 Å². The molecule has 20 heavy (non-hydrogen) atoms. The molecule has 3 nitrogen and oxygen atoms in total. The van der Waals surface area contributed by atoms with E-state index in [0.29, 0.717) is 6.54 Å². The van der Waals surface area contributed by atoms with Crippen LogP contribution in [-0.2, 0) is 11.3 Å². The number of ether oxygens (including phenoxy) is 1. The number of rotatable bonds is 7. The highest BCUT2D eigenvalue weighted by molar-refractivity contribution is 5.15. The van der Waals surface area contributed by atoms with Crippen LogP contribution >= 0.6 is 0 Å². The second-order valence-corrected chi connectivity index (χ2v) is 5.52. The predicted molar refractivity (Wildman–Crippen MR) is 76.9 cm³/mol. The predicted octanol–water partition coefficient (Wildman–Crippen LogP) is 2.58. The molecule has 2 atom stereocenters. The number of aliphatic hydroxyl groups excluding tert-OH is 1. The van der Waals surface area contributed by atoms with Crippen LogP contribution in [0.1, 0.15) is 31.7 Å². The lowest BCUT2D eigenvalue weighted by Gasteiger charge is -2.27. The summed E-state index contributed by atoms with van der Waals surface area (Å²) in [4.78, 5) is 2.21. The first-order valence-electron chi connectivity index (χ1n) is 7.44. The van der Waals surface area contributed by atoms with Crippen LogP contribution < -0.4 is 0 Å². The van der Waals surface area contributed by atoms with Gasteiger partial charge in [0.05, 0.1) is 12.2 Å². The van der Waals surface area contributed by atoms with Gasteiger partial charge in [0.2, 0.25) is 0 Å². The van der Waals surface area contributed by atoms with Gasteiger partial charge in [-0.25, -0.2) is 4.39 Å². The molecule has 0 saturated carbocycles. The summed E-state index contributed by atoms with van der Waals surface area (Å²) in [6, 6.07) is 6.57. The second-order valence-electron chi connectivity index (χ2n) is 5.52. The highest BCUT2D eigenvalue weighted by Gasteiger charge is 2.20. The SMILES string of the molecule is CCC(O)CN(Cc1ccc(F)cc1)CC1CCCO1. The summed E-state index contributed by atoms with van der Waals surface area (Å²) in [6.45, 7) is 5.00. The van der Waals surface area contributed by atoms with E-state index < -0.39 is 0 Å². The zero-order chi connectivity index (χ0) is 14.4. The fourth-order valence-corrected chi connectivity index (χ4v) is 2.56. The zero-order valence-corrected chi connectivity index (χ0v) is 12.1.